The summed E-state index contributed by atoms with van der Waals surface area (Å²) in [5.41, 5.74) is 0. The Balaban J connectivity index is 3.11. The highest BCUT2D eigenvalue weighted by atomic mass is 16.3. The zero-order valence-corrected chi connectivity index (χ0v) is 17.8. The molecule has 0 aromatic heterocycles. The first-order chi connectivity index (χ1) is 12.8. The third-order valence-corrected chi connectivity index (χ3v) is 5.23. The molecule has 2 heteroatoms. The summed E-state index contributed by atoms with van der Waals surface area (Å²) < 4.78 is 0. The SMILES string of the molecule is CCC/C=C\C[C@H](O)CCCCCCCCCCCCCCCCCO. The smallest absolute Gasteiger partial charge is 0.0574 e. The molecule has 156 valence electrons. The summed E-state index contributed by atoms with van der Waals surface area (Å²) in [4.78, 5) is 0. The van der Waals surface area contributed by atoms with Crippen LogP contribution < -0.4 is 0 Å². The second kappa shape index (κ2) is 22.7. The van der Waals surface area contributed by atoms with Crippen LogP contribution in [0.4, 0.5) is 0 Å². The predicted octanol–water partition coefficient (Wildman–Crippen LogP) is 7.33. The molecule has 0 saturated heterocycles. The highest BCUT2D eigenvalue weighted by Gasteiger charge is 2.01. The van der Waals surface area contributed by atoms with Gasteiger partial charge in [-0.1, -0.05) is 115 Å². The molecule has 0 amide bonds. The fraction of sp³-hybridized carbons (Fsp3) is 0.917. The van der Waals surface area contributed by atoms with Gasteiger partial charge in [0, 0.05) is 6.61 Å². The predicted molar refractivity (Wildman–Crippen MR) is 116 cm³/mol. The third kappa shape index (κ3) is 21.7. The van der Waals surface area contributed by atoms with E-state index in [1.54, 1.807) is 0 Å². The van der Waals surface area contributed by atoms with E-state index in [0.29, 0.717) is 6.61 Å². The maximum Gasteiger partial charge on any atom is 0.0574 e. The van der Waals surface area contributed by atoms with Gasteiger partial charge in [-0.2, -0.15) is 0 Å². The third-order valence-electron chi connectivity index (χ3n) is 5.23. The average Bonchev–Trinajstić information content (AvgIpc) is 2.65. The van der Waals surface area contributed by atoms with Crippen molar-refractivity contribution in [3.05, 3.63) is 12.2 Å². The molecule has 0 rings (SSSR count). The van der Waals surface area contributed by atoms with Crippen molar-refractivity contribution in [1.82, 2.24) is 0 Å². The normalized spacial score (nSPS) is 12.9. The molecule has 0 saturated carbocycles. The average molecular weight is 369 g/mol. The first-order valence-corrected chi connectivity index (χ1v) is 11.7. The second-order valence-corrected chi connectivity index (χ2v) is 7.97. The van der Waals surface area contributed by atoms with E-state index in [4.69, 9.17) is 5.11 Å². The van der Waals surface area contributed by atoms with Crippen LogP contribution in [-0.2, 0) is 0 Å². The van der Waals surface area contributed by atoms with Crippen LogP contribution in [0.1, 0.15) is 129 Å². The van der Waals surface area contributed by atoms with Crippen molar-refractivity contribution >= 4 is 0 Å². The molecule has 0 aliphatic rings. The largest absolute Gasteiger partial charge is 0.396 e. The van der Waals surface area contributed by atoms with Crippen molar-refractivity contribution in [3.8, 4) is 0 Å². The number of allylic oxidation sites excluding steroid dienone is 1. The standard InChI is InChI=1S/C24H48O2/c1-2-3-4-18-21-24(26)22-19-16-14-12-10-8-6-5-7-9-11-13-15-17-20-23-25/h4,18,24-26H,2-3,5-17,19-23H2,1H3/b18-4-/t24-/m0/s1. The van der Waals surface area contributed by atoms with Crippen molar-refractivity contribution in [2.24, 2.45) is 0 Å². The minimum atomic E-state index is -0.127. The number of rotatable bonds is 21. The Morgan fingerprint density at radius 3 is 1.46 bits per heavy atom. The Bertz CT molecular complexity index is 275. The molecule has 0 aromatic carbocycles. The van der Waals surface area contributed by atoms with E-state index >= 15 is 0 Å². The first kappa shape index (κ1) is 25.7. The van der Waals surface area contributed by atoms with E-state index in [0.717, 1.165) is 25.7 Å². The summed E-state index contributed by atoms with van der Waals surface area (Å²) in [6.07, 6.45) is 28.2. The van der Waals surface area contributed by atoms with Crippen molar-refractivity contribution in [3.63, 3.8) is 0 Å². The second-order valence-electron chi connectivity index (χ2n) is 7.97. The summed E-state index contributed by atoms with van der Waals surface area (Å²) in [5, 5.41) is 18.6. The first-order valence-electron chi connectivity index (χ1n) is 11.7. The highest BCUT2D eigenvalue weighted by Crippen LogP contribution is 2.14. The van der Waals surface area contributed by atoms with Gasteiger partial charge in [0.15, 0.2) is 0 Å². The summed E-state index contributed by atoms with van der Waals surface area (Å²) in [6, 6.07) is 0. The van der Waals surface area contributed by atoms with E-state index in [2.05, 4.69) is 19.1 Å². The lowest BCUT2D eigenvalue weighted by Gasteiger charge is -2.07. The van der Waals surface area contributed by atoms with Gasteiger partial charge < -0.3 is 10.2 Å². The van der Waals surface area contributed by atoms with Gasteiger partial charge in [0.05, 0.1) is 6.10 Å². The maximum absolute atomic E-state index is 9.90. The van der Waals surface area contributed by atoms with Crippen LogP contribution in [0.3, 0.4) is 0 Å². The van der Waals surface area contributed by atoms with Crippen molar-refractivity contribution < 1.29 is 10.2 Å². The fourth-order valence-corrected chi connectivity index (χ4v) is 3.45. The molecule has 0 unspecified atom stereocenters. The molecule has 0 spiro atoms. The highest BCUT2D eigenvalue weighted by molar-refractivity contribution is 4.83. The van der Waals surface area contributed by atoms with Crippen molar-refractivity contribution in [2.75, 3.05) is 6.61 Å². The van der Waals surface area contributed by atoms with E-state index in [9.17, 15) is 5.11 Å². The summed E-state index contributed by atoms with van der Waals surface area (Å²) >= 11 is 0. The molecule has 0 aromatic rings. The molecule has 2 N–H and O–H groups in total. The number of unbranched alkanes of at least 4 members (excludes halogenated alkanes) is 15. The zero-order valence-electron chi connectivity index (χ0n) is 17.8. The molecule has 0 aliphatic heterocycles. The fourth-order valence-electron chi connectivity index (χ4n) is 3.45. The van der Waals surface area contributed by atoms with Gasteiger partial charge >= 0.3 is 0 Å². The molecule has 26 heavy (non-hydrogen) atoms. The lowest BCUT2D eigenvalue weighted by molar-refractivity contribution is 0.163. The van der Waals surface area contributed by atoms with Crippen LogP contribution in [0.2, 0.25) is 0 Å². The van der Waals surface area contributed by atoms with Crippen LogP contribution in [0.15, 0.2) is 12.2 Å². The molecule has 0 radical (unpaired) electrons. The molecule has 0 bridgehead atoms. The Morgan fingerprint density at radius 1 is 0.615 bits per heavy atom. The lowest BCUT2D eigenvalue weighted by atomic mass is 10.0. The molecular weight excluding hydrogens is 320 g/mol. The van der Waals surface area contributed by atoms with Crippen LogP contribution in [0.25, 0.3) is 0 Å². The molecule has 0 aliphatic carbocycles. The number of hydrogen-bond donors (Lipinski definition) is 2. The molecule has 0 heterocycles. The Hall–Kier alpha value is -0.340. The van der Waals surface area contributed by atoms with Gasteiger partial charge in [0.25, 0.3) is 0 Å². The molecule has 2 nitrogen and oxygen atoms in total. The molecule has 0 fully saturated rings. The van der Waals surface area contributed by atoms with E-state index in [-0.39, 0.29) is 6.10 Å². The molecular formula is C24H48O2. The Morgan fingerprint density at radius 2 is 1.04 bits per heavy atom. The van der Waals surface area contributed by atoms with Gasteiger partial charge in [-0.25, -0.2) is 0 Å². The van der Waals surface area contributed by atoms with Gasteiger partial charge in [-0.3, -0.25) is 0 Å². The van der Waals surface area contributed by atoms with Crippen molar-refractivity contribution in [2.45, 2.75) is 135 Å². The van der Waals surface area contributed by atoms with Crippen LogP contribution in [0, 0.1) is 0 Å². The summed E-state index contributed by atoms with van der Waals surface area (Å²) in [6.45, 7) is 2.55. The minimum absolute atomic E-state index is 0.127. The number of hydrogen-bond acceptors (Lipinski definition) is 2. The van der Waals surface area contributed by atoms with Crippen LogP contribution in [0.5, 0.6) is 0 Å². The van der Waals surface area contributed by atoms with Gasteiger partial charge in [0.2, 0.25) is 0 Å². The number of aliphatic hydroxyl groups excluding tert-OH is 2. The quantitative estimate of drug-likeness (QED) is 0.164. The minimum Gasteiger partial charge on any atom is -0.396 e. The van der Waals surface area contributed by atoms with Crippen molar-refractivity contribution in [1.29, 1.82) is 0 Å². The van der Waals surface area contributed by atoms with E-state index in [1.807, 2.05) is 0 Å². The Kier molecular flexibility index (Phi) is 22.4. The zero-order chi connectivity index (χ0) is 19.1. The molecule has 1 atom stereocenters. The monoisotopic (exact) mass is 368 g/mol. The Labute approximate surface area is 164 Å². The van der Waals surface area contributed by atoms with E-state index in [1.165, 1.54) is 96.3 Å². The van der Waals surface area contributed by atoms with Gasteiger partial charge in [-0.05, 0) is 25.7 Å². The van der Waals surface area contributed by atoms with Gasteiger partial charge in [0.1, 0.15) is 0 Å². The summed E-state index contributed by atoms with van der Waals surface area (Å²) in [5.74, 6) is 0. The topological polar surface area (TPSA) is 40.5 Å². The van der Waals surface area contributed by atoms with E-state index < -0.39 is 0 Å². The lowest BCUT2D eigenvalue weighted by Crippen LogP contribution is -2.04. The maximum atomic E-state index is 9.90. The number of aliphatic hydroxyl groups is 2. The van der Waals surface area contributed by atoms with Crippen LogP contribution in [-0.4, -0.2) is 22.9 Å². The van der Waals surface area contributed by atoms with Gasteiger partial charge in [-0.15, -0.1) is 0 Å². The van der Waals surface area contributed by atoms with Crippen LogP contribution >= 0.6 is 0 Å². The summed E-state index contributed by atoms with van der Waals surface area (Å²) in [7, 11) is 0.